The minimum Gasteiger partial charge on any atom is -0.308 e. The second kappa shape index (κ2) is 11.1. The Morgan fingerprint density at radius 1 is 0.812 bits per heavy atom. The summed E-state index contributed by atoms with van der Waals surface area (Å²) >= 11 is 16.6. The molecule has 0 aromatic carbocycles. The van der Waals surface area contributed by atoms with Gasteiger partial charge in [-0.15, -0.1) is 34.8 Å². The summed E-state index contributed by atoms with van der Waals surface area (Å²) < 4.78 is 22.2. The van der Waals surface area contributed by atoms with Crippen LogP contribution >= 0.6 is 42.4 Å². The molecular weight excluding hydrogens is 293 g/mol. The molecule has 3 nitrogen and oxygen atoms in total. The van der Waals surface area contributed by atoms with Gasteiger partial charge in [0.15, 0.2) is 0 Å². The molecule has 0 N–H and O–H groups in total. The van der Waals surface area contributed by atoms with Crippen LogP contribution in [0.3, 0.4) is 0 Å². The fourth-order valence-corrected chi connectivity index (χ4v) is 2.73. The third kappa shape index (κ3) is 9.09. The summed E-state index contributed by atoms with van der Waals surface area (Å²) in [4.78, 5) is 0. The van der Waals surface area contributed by atoms with Crippen LogP contribution in [0.15, 0.2) is 0 Å². The number of hydrogen-bond acceptors (Lipinski definition) is 3. The normalized spacial score (nSPS) is 11.9. The van der Waals surface area contributed by atoms with E-state index in [0.29, 0.717) is 25.0 Å². The highest BCUT2D eigenvalue weighted by Crippen LogP contribution is 2.49. The van der Waals surface area contributed by atoms with Gasteiger partial charge in [0.25, 0.3) is 0 Å². The average molecular weight is 312 g/mol. The summed E-state index contributed by atoms with van der Waals surface area (Å²) in [6, 6.07) is 0. The molecule has 0 amide bonds. The third-order valence-electron chi connectivity index (χ3n) is 1.78. The van der Waals surface area contributed by atoms with Crippen LogP contribution in [-0.4, -0.2) is 30.6 Å². The van der Waals surface area contributed by atoms with Gasteiger partial charge in [-0.3, -0.25) is 4.57 Å². The van der Waals surface area contributed by atoms with Crippen molar-refractivity contribution in [3.8, 4) is 0 Å². The molecule has 0 aliphatic carbocycles. The molecule has 0 aromatic rings. The maximum atomic E-state index is 11.9. The minimum absolute atomic E-state index is 0.116. The van der Waals surface area contributed by atoms with Crippen LogP contribution in [0, 0.1) is 0 Å². The molecule has 0 heterocycles. The topological polar surface area (TPSA) is 35.5 Å². The van der Waals surface area contributed by atoms with Crippen LogP contribution in [0.2, 0.25) is 0 Å². The lowest BCUT2D eigenvalue weighted by atomic mass is 10.4. The third-order valence-corrected chi connectivity index (χ3v) is 4.64. The van der Waals surface area contributed by atoms with Gasteiger partial charge >= 0.3 is 7.60 Å². The zero-order chi connectivity index (χ0) is 12.3. The van der Waals surface area contributed by atoms with Crippen LogP contribution in [0.25, 0.3) is 0 Å². The van der Waals surface area contributed by atoms with E-state index >= 15 is 0 Å². The fourth-order valence-electron chi connectivity index (χ4n) is 0.907. The smallest absolute Gasteiger partial charge is 0.308 e. The van der Waals surface area contributed by atoms with Crippen molar-refractivity contribution >= 4 is 42.4 Å². The van der Waals surface area contributed by atoms with Crippen molar-refractivity contribution in [2.24, 2.45) is 0 Å². The summed E-state index contributed by atoms with van der Waals surface area (Å²) in [5, 5.41) is 0. The molecule has 0 saturated carbocycles. The Hall–Kier alpha value is 1.02. The second-order valence-electron chi connectivity index (χ2n) is 3.19. The van der Waals surface area contributed by atoms with E-state index in [2.05, 4.69) is 0 Å². The molecule has 16 heavy (non-hydrogen) atoms. The number of halogens is 3. The van der Waals surface area contributed by atoms with Gasteiger partial charge in [-0.25, -0.2) is 0 Å². The second-order valence-corrected chi connectivity index (χ2v) is 6.64. The van der Waals surface area contributed by atoms with Gasteiger partial charge < -0.3 is 9.05 Å². The van der Waals surface area contributed by atoms with E-state index in [9.17, 15) is 4.57 Å². The maximum Gasteiger partial charge on any atom is 0.345 e. The van der Waals surface area contributed by atoms with E-state index in [1.165, 1.54) is 0 Å². The SMILES string of the molecule is O=P(CCl)(OCCCCCl)OCCCCCl. The number of hydrogen-bond donors (Lipinski definition) is 0. The van der Waals surface area contributed by atoms with Crippen molar-refractivity contribution in [2.75, 3.05) is 30.6 Å². The highest BCUT2D eigenvalue weighted by atomic mass is 35.5. The number of rotatable bonds is 11. The Morgan fingerprint density at radius 2 is 1.25 bits per heavy atom. The Balaban J connectivity index is 3.69. The Morgan fingerprint density at radius 3 is 1.56 bits per heavy atom. The maximum absolute atomic E-state index is 11.9. The van der Waals surface area contributed by atoms with Gasteiger partial charge in [0.05, 0.1) is 13.2 Å². The highest BCUT2D eigenvalue weighted by Gasteiger charge is 2.22. The van der Waals surface area contributed by atoms with E-state index in [-0.39, 0.29) is 5.62 Å². The van der Waals surface area contributed by atoms with Gasteiger partial charge in [-0.2, -0.15) is 0 Å². The largest absolute Gasteiger partial charge is 0.345 e. The first-order valence-electron chi connectivity index (χ1n) is 5.24. The summed E-state index contributed by atoms with van der Waals surface area (Å²) in [5.41, 5.74) is -0.116. The first-order valence-corrected chi connectivity index (χ1v) is 8.57. The summed E-state index contributed by atoms with van der Waals surface area (Å²) in [7, 11) is -3.10. The molecule has 0 unspecified atom stereocenters. The van der Waals surface area contributed by atoms with E-state index < -0.39 is 7.60 Å². The highest BCUT2D eigenvalue weighted by molar-refractivity contribution is 7.55. The Labute approximate surface area is 112 Å². The number of alkyl halides is 3. The average Bonchev–Trinajstić information content (AvgIpc) is 2.31. The van der Waals surface area contributed by atoms with Crippen molar-refractivity contribution in [3.05, 3.63) is 0 Å². The lowest BCUT2D eigenvalue weighted by molar-refractivity contribution is 0.203. The lowest BCUT2D eigenvalue weighted by Crippen LogP contribution is -2.01. The molecule has 0 bridgehead atoms. The van der Waals surface area contributed by atoms with Gasteiger partial charge in [-0.05, 0) is 25.7 Å². The summed E-state index contributed by atoms with van der Waals surface area (Å²) in [6.07, 6.45) is 3.18. The van der Waals surface area contributed by atoms with Crippen LogP contribution < -0.4 is 0 Å². The molecule has 98 valence electrons. The van der Waals surface area contributed by atoms with Crippen molar-refractivity contribution in [2.45, 2.75) is 25.7 Å². The lowest BCUT2D eigenvalue weighted by Gasteiger charge is -2.15. The Kier molecular flexibility index (Phi) is 11.8. The predicted octanol–water partition coefficient (Wildman–Crippen LogP) is 4.45. The van der Waals surface area contributed by atoms with Gasteiger partial charge in [0.2, 0.25) is 0 Å². The van der Waals surface area contributed by atoms with Crippen LogP contribution in [0.5, 0.6) is 0 Å². The van der Waals surface area contributed by atoms with E-state index in [4.69, 9.17) is 43.9 Å². The van der Waals surface area contributed by atoms with E-state index in [1.54, 1.807) is 0 Å². The Bertz CT molecular complexity index is 188. The van der Waals surface area contributed by atoms with Crippen LogP contribution in [-0.2, 0) is 13.6 Å². The molecule has 0 atom stereocenters. The molecule has 0 spiro atoms. The van der Waals surface area contributed by atoms with Crippen molar-refractivity contribution in [1.82, 2.24) is 0 Å². The molecule has 0 aliphatic heterocycles. The molecule has 7 heteroatoms. The zero-order valence-corrected chi connectivity index (χ0v) is 12.3. The zero-order valence-electron chi connectivity index (χ0n) is 9.17. The van der Waals surface area contributed by atoms with E-state index in [0.717, 1.165) is 25.7 Å². The monoisotopic (exact) mass is 310 g/mol. The molecule has 0 saturated heterocycles. The van der Waals surface area contributed by atoms with Gasteiger partial charge in [-0.1, -0.05) is 0 Å². The van der Waals surface area contributed by atoms with Gasteiger partial charge in [0.1, 0.15) is 5.62 Å². The molecule has 0 fully saturated rings. The first-order chi connectivity index (χ1) is 7.68. The minimum atomic E-state index is -3.10. The first kappa shape index (κ1) is 17.0. The van der Waals surface area contributed by atoms with Crippen molar-refractivity contribution in [1.29, 1.82) is 0 Å². The quantitative estimate of drug-likeness (QED) is 0.321. The summed E-state index contributed by atoms with van der Waals surface area (Å²) in [6.45, 7) is 0.735. The van der Waals surface area contributed by atoms with Crippen molar-refractivity contribution < 1.29 is 13.6 Å². The predicted molar refractivity (Wildman–Crippen MR) is 70.1 cm³/mol. The van der Waals surface area contributed by atoms with Crippen molar-refractivity contribution in [3.63, 3.8) is 0 Å². The molecular formula is C9H18Cl3O3P. The standard InChI is InChI=1S/C9H18Cl3O3P/c10-5-1-3-7-14-16(13,9-12)15-8-4-2-6-11/h1-9H2. The van der Waals surface area contributed by atoms with E-state index in [1.807, 2.05) is 0 Å². The van der Waals surface area contributed by atoms with Crippen LogP contribution in [0.1, 0.15) is 25.7 Å². The molecule has 0 rings (SSSR count). The van der Waals surface area contributed by atoms with Gasteiger partial charge in [0, 0.05) is 11.8 Å². The van der Waals surface area contributed by atoms with Crippen LogP contribution in [0.4, 0.5) is 0 Å². The molecule has 0 radical (unpaired) electrons. The molecule has 0 aliphatic rings. The molecule has 0 aromatic heterocycles. The fraction of sp³-hybridized carbons (Fsp3) is 1.00. The number of unbranched alkanes of at least 4 members (excludes halogenated alkanes) is 2. The summed E-state index contributed by atoms with van der Waals surface area (Å²) in [5.74, 6) is 1.15.